The number of halogens is 2. The summed E-state index contributed by atoms with van der Waals surface area (Å²) in [4.78, 5) is 37.3. The molecule has 1 saturated heterocycles. The van der Waals surface area contributed by atoms with Crippen molar-refractivity contribution < 1.29 is 14.4 Å². The summed E-state index contributed by atoms with van der Waals surface area (Å²) in [6, 6.07) is 3.72. The highest BCUT2D eigenvalue weighted by atomic mass is 35.5. The van der Waals surface area contributed by atoms with Crippen LogP contribution in [-0.2, 0) is 9.59 Å². The van der Waals surface area contributed by atoms with Crippen molar-refractivity contribution >= 4 is 46.7 Å². The van der Waals surface area contributed by atoms with Crippen LogP contribution in [-0.4, -0.2) is 29.3 Å². The Morgan fingerprint density at radius 1 is 1.16 bits per heavy atom. The Labute approximate surface area is 119 Å². The number of amides is 4. The van der Waals surface area contributed by atoms with E-state index < -0.39 is 11.9 Å². The maximum absolute atomic E-state index is 12.1. The van der Waals surface area contributed by atoms with Crippen LogP contribution in [0.3, 0.4) is 0 Å². The molecule has 0 saturated carbocycles. The van der Waals surface area contributed by atoms with Crippen molar-refractivity contribution in [1.82, 2.24) is 4.90 Å². The number of rotatable bonds is 1. The van der Waals surface area contributed by atoms with Gasteiger partial charge in [0.1, 0.15) is 0 Å². The zero-order chi connectivity index (χ0) is 14.2. The number of urea groups is 1. The molecule has 5 nitrogen and oxygen atoms in total. The number of carbonyl (C=O) groups is 3. The highest BCUT2D eigenvalue weighted by Crippen LogP contribution is 2.28. The van der Waals surface area contributed by atoms with Crippen LogP contribution in [0.2, 0.25) is 10.0 Å². The van der Waals surface area contributed by atoms with E-state index in [-0.39, 0.29) is 24.6 Å². The molecule has 0 radical (unpaired) electrons. The van der Waals surface area contributed by atoms with Gasteiger partial charge in [-0.1, -0.05) is 23.2 Å². The molecule has 1 aliphatic heterocycles. The zero-order valence-electron chi connectivity index (χ0n) is 10.0. The summed E-state index contributed by atoms with van der Waals surface area (Å²) in [5, 5.41) is 0.617. The zero-order valence-corrected chi connectivity index (χ0v) is 11.5. The molecule has 0 aromatic heterocycles. The average Bonchev–Trinajstić information content (AvgIpc) is 2.26. The molecule has 0 spiro atoms. The molecule has 1 aromatic rings. The molecule has 1 aliphatic rings. The predicted molar refractivity (Wildman–Crippen MR) is 71.3 cm³/mol. The second-order valence-electron chi connectivity index (χ2n) is 4.06. The number of hydrogen-bond acceptors (Lipinski definition) is 3. The summed E-state index contributed by atoms with van der Waals surface area (Å²) in [7, 11) is 0. The SMILES string of the molecule is CC(=O)N1CCC(=O)N(c2cc(Cl)cc(Cl)c2)C1=O. The van der Waals surface area contributed by atoms with Crippen LogP contribution in [0.15, 0.2) is 18.2 Å². The van der Waals surface area contributed by atoms with Crippen LogP contribution in [0.4, 0.5) is 10.5 Å². The number of benzene rings is 1. The van der Waals surface area contributed by atoms with E-state index in [4.69, 9.17) is 23.2 Å². The number of carbonyl (C=O) groups excluding carboxylic acids is 3. The topological polar surface area (TPSA) is 57.7 Å². The lowest BCUT2D eigenvalue weighted by Crippen LogP contribution is -2.54. The Morgan fingerprint density at radius 2 is 1.74 bits per heavy atom. The van der Waals surface area contributed by atoms with Gasteiger partial charge < -0.3 is 0 Å². The lowest BCUT2D eigenvalue weighted by molar-refractivity contribution is -0.128. The maximum atomic E-state index is 12.1. The van der Waals surface area contributed by atoms with Crippen molar-refractivity contribution in [3.05, 3.63) is 28.2 Å². The summed E-state index contributed by atoms with van der Waals surface area (Å²) in [5.74, 6) is -0.795. The van der Waals surface area contributed by atoms with Crippen molar-refractivity contribution in [2.24, 2.45) is 0 Å². The van der Waals surface area contributed by atoms with Crippen LogP contribution >= 0.6 is 23.2 Å². The van der Waals surface area contributed by atoms with E-state index in [9.17, 15) is 14.4 Å². The molecule has 7 heteroatoms. The standard InChI is InChI=1S/C12H10Cl2N2O3/c1-7(17)15-3-2-11(18)16(12(15)19)10-5-8(13)4-9(14)6-10/h4-6H,2-3H2,1H3. The summed E-state index contributed by atoms with van der Waals surface area (Å²) in [6.45, 7) is 1.37. The third-order valence-corrected chi connectivity index (χ3v) is 3.14. The van der Waals surface area contributed by atoms with Crippen molar-refractivity contribution in [2.45, 2.75) is 13.3 Å². The van der Waals surface area contributed by atoms with E-state index in [0.29, 0.717) is 10.0 Å². The number of anilines is 1. The first-order chi connectivity index (χ1) is 8.90. The molecule has 1 heterocycles. The van der Waals surface area contributed by atoms with Gasteiger partial charge in [-0.2, -0.15) is 0 Å². The predicted octanol–water partition coefficient (Wildman–Crippen LogP) is 2.70. The first-order valence-corrected chi connectivity index (χ1v) is 6.27. The van der Waals surface area contributed by atoms with Gasteiger partial charge in [0.25, 0.3) is 0 Å². The van der Waals surface area contributed by atoms with Crippen molar-refractivity contribution in [3.8, 4) is 0 Å². The third-order valence-electron chi connectivity index (χ3n) is 2.71. The number of imide groups is 2. The lowest BCUT2D eigenvalue weighted by atomic mass is 10.2. The smallest absolute Gasteiger partial charge is 0.275 e. The minimum Gasteiger partial charge on any atom is -0.275 e. The molecule has 0 bridgehead atoms. The van der Waals surface area contributed by atoms with E-state index in [1.165, 1.54) is 25.1 Å². The molecular formula is C12H10Cl2N2O3. The number of hydrogen-bond donors (Lipinski definition) is 0. The van der Waals surface area contributed by atoms with Gasteiger partial charge in [0.15, 0.2) is 0 Å². The quantitative estimate of drug-likeness (QED) is 0.801. The van der Waals surface area contributed by atoms with Gasteiger partial charge in [-0.05, 0) is 18.2 Å². The molecule has 0 unspecified atom stereocenters. The summed E-state index contributed by atoms with van der Waals surface area (Å²) in [5.41, 5.74) is 0.262. The van der Waals surface area contributed by atoms with E-state index in [1.807, 2.05) is 0 Å². The second-order valence-corrected chi connectivity index (χ2v) is 4.93. The average molecular weight is 301 g/mol. The van der Waals surface area contributed by atoms with E-state index in [2.05, 4.69) is 0 Å². The summed E-state index contributed by atoms with van der Waals surface area (Å²) in [6.07, 6.45) is 0.0788. The second kappa shape index (κ2) is 5.19. The van der Waals surface area contributed by atoms with Gasteiger partial charge in [0.2, 0.25) is 11.8 Å². The fraction of sp³-hybridized carbons (Fsp3) is 0.250. The molecule has 0 aliphatic carbocycles. The van der Waals surface area contributed by atoms with E-state index in [0.717, 1.165) is 9.80 Å². The van der Waals surface area contributed by atoms with Gasteiger partial charge in [-0.25, -0.2) is 9.69 Å². The first kappa shape index (κ1) is 13.8. The molecular weight excluding hydrogens is 291 g/mol. The monoisotopic (exact) mass is 300 g/mol. The highest BCUT2D eigenvalue weighted by Gasteiger charge is 2.35. The highest BCUT2D eigenvalue weighted by molar-refractivity contribution is 6.35. The summed E-state index contributed by atoms with van der Waals surface area (Å²) >= 11 is 11.7. The minimum absolute atomic E-state index is 0.0788. The maximum Gasteiger partial charge on any atom is 0.338 e. The van der Waals surface area contributed by atoms with Crippen LogP contribution in [0.25, 0.3) is 0 Å². The van der Waals surface area contributed by atoms with Crippen molar-refractivity contribution in [2.75, 3.05) is 11.4 Å². The normalized spacial score (nSPS) is 15.9. The molecule has 19 heavy (non-hydrogen) atoms. The van der Waals surface area contributed by atoms with Gasteiger partial charge in [0.05, 0.1) is 5.69 Å². The van der Waals surface area contributed by atoms with Gasteiger partial charge >= 0.3 is 6.03 Å². The Balaban J connectivity index is 2.43. The van der Waals surface area contributed by atoms with Crippen molar-refractivity contribution in [3.63, 3.8) is 0 Å². The molecule has 4 amide bonds. The molecule has 0 N–H and O–H groups in total. The van der Waals surface area contributed by atoms with Crippen LogP contribution in [0.1, 0.15) is 13.3 Å². The van der Waals surface area contributed by atoms with Gasteiger partial charge in [-0.3, -0.25) is 14.5 Å². The first-order valence-electron chi connectivity index (χ1n) is 5.51. The Hall–Kier alpha value is -1.59. The Bertz CT molecular complexity index is 554. The largest absolute Gasteiger partial charge is 0.338 e. The van der Waals surface area contributed by atoms with Gasteiger partial charge in [-0.15, -0.1) is 0 Å². The molecule has 1 aromatic carbocycles. The minimum atomic E-state index is -0.679. The van der Waals surface area contributed by atoms with Crippen LogP contribution in [0.5, 0.6) is 0 Å². The Kier molecular flexibility index (Phi) is 3.78. The van der Waals surface area contributed by atoms with Crippen LogP contribution < -0.4 is 4.90 Å². The Morgan fingerprint density at radius 3 is 2.26 bits per heavy atom. The lowest BCUT2D eigenvalue weighted by Gasteiger charge is -2.32. The molecule has 0 atom stereocenters. The summed E-state index contributed by atoms with van der Waals surface area (Å²) < 4.78 is 0. The molecule has 100 valence electrons. The fourth-order valence-electron chi connectivity index (χ4n) is 1.86. The van der Waals surface area contributed by atoms with Crippen LogP contribution in [0, 0.1) is 0 Å². The van der Waals surface area contributed by atoms with Crippen molar-refractivity contribution in [1.29, 1.82) is 0 Å². The van der Waals surface area contributed by atoms with E-state index in [1.54, 1.807) is 0 Å². The molecule has 2 rings (SSSR count). The van der Waals surface area contributed by atoms with E-state index >= 15 is 0 Å². The fourth-order valence-corrected chi connectivity index (χ4v) is 2.37. The number of nitrogens with zero attached hydrogens (tertiary/aromatic N) is 2. The third kappa shape index (κ3) is 2.72. The van der Waals surface area contributed by atoms with Gasteiger partial charge in [0, 0.05) is 29.9 Å². The molecule has 1 fully saturated rings.